The highest BCUT2D eigenvalue weighted by molar-refractivity contribution is 5.85. The van der Waals surface area contributed by atoms with Crippen molar-refractivity contribution in [2.45, 2.75) is 19.6 Å². The number of amides is 1. The fourth-order valence-electron chi connectivity index (χ4n) is 3.02. The van der Waals surface area contributed by atoms with E-state index in [9.17, 15) is 4.79 Å². The van der Waals surface area contributed by atoms with Gasteiger partial charge in [0.1, 0.15) is 0 Å². The maximum atomic E-state index is 12.8. The standard InChI is InChI=1S/C20H22N2O2/c1-14-16-11-7-8-12-17(16)21-18(14)13-22(2)20(23)19(24-3)15-9-5-4-6-10-15/h4-12,19,21H,13H2,1-3H3/t19-/m0/s1. The number of ether oxygens (including phenoxy) is 1. The molecule has 3 rings (SSSR count). The molecule has 0 fully saturated rings. The number of benzene rings is 2. The second-order valence-electron chi connectivity index (χ2n) is 5.99. The first-order chi connectivity index (χ1) is 11.6. The molecule has 1 N–H and O–H groups in total. The van der Waals surface area contributed by atoms with Crippen LogP contribution in [0.2, 0.25) is 0 Å². The fraction of sp³-hybridized carbons (Fsp3) is 0.250. The molecule has 0 aliphatic rings. The smallest absolute Gasteiger partial charge is 0.256 e. The van der Waals surface area contributed by atoms with Gasteiger partial charge < -0.3 is 14.6 Å². The van der Waals surface area contributed by atoms with Crippen LogP contribution in [-0.4, -0.2) is 29.9 Å². The molecule has 0 aliphatic heterocycles. The second kappa shape index (κ2) is 6.89. The topological polar surface area (TPSA) is 45.3 Å². The minimum atomic E-state index is -0.583. The van der Waals surface area contributed by atoms with Gasteiger partial charge >= 0.3 is 0 Å². The zero-order valence-corrected chi connectivity index (χ0v) is 14.2. The van der Waals surface area contributed by atoms with E-state index in [4.69, 9.17) is 4.74 Å². The number of nitrogens with one attached hydrogen (secondary N) is 1. The molecule has 1 aromatic heterocycles. The molecule has 4 nitrogen and oxygen atoms in total. The van der Waals surface area contributed by atoms with E-state index in [2.05, 4.69) is 24.0 Å². The Morgan fingerprint density at radius 1 is 1.12 bits per heavy atom. The summed E-state index contributed by atoms with van der Waals surface area (Å²) in [5.41, 5.74) is 4.19. The van der Waals surface area contributed by atoms with Crippen molar-refractivity contribution in [3.63, 3.8) is 0 Å². The Bertz CT molecular complexity index is 839. The first-order valence-electron chi connectivity index (χ1n) is 8.00. The third-order valence-corrected chi connectivity index (χ3v) is 4.40. The van der Waals surface area contributed by atoms with Gasteiger partial charge in [0.25, 0.3) is 5.91 Å². The van der Waals surface area contributed by atoms with Gasteiger partial charge in [0.2, 0.25) is 0 Å². The van der Waals surface area contributed by atoms with Crippen molar-refractivity contribution in [2.75, 3.05) is 14.2 Å². The number of fused-ring (bicyclic) bond motifs is 1. The zero-order valence-electron chi connectivity index (χ0n) is 14.2. The number of aryl methyl sites for hydroxylation is 1. The van der Waals surface area contributed by atoms with Crippen molar-refractivity contribution in [3.05, 3.63) is 71.4 Å². The lowest BCUT2D eigenvalue weighted by atomic mass is 10.1. The second-order valence-corrected chi connectivity index (χ2v) is 5.99. The van der Waals surface area contributed by atoms with E-state index >= 15 is 0 Å². The summed E-state index contributed by atoms with van der Waals surface area (Å²) in [6.45, 7) is 2.60. The number of nitrogens with zero attached hydrogens (tertiary/aromatic N) is 1. The van der Waals surface area contributed by atoms with Crippen LogP contribution in [0.4, 0.5) is 0 Å². The van der Waals surface area contributed by atoms with Gasteiger partial charge in [0, 0.05) is 30.8 Å². The maximum absolute atomic E-state index is 12.8. The van der Waals surface area contributed by atoms with Crippen LogP contribution in [-0.2, 0) is 16.1 Å². The minimum Gasteiger partial charge on any atom is -0.367 e. The van der Waals surface area contributed by atoms with Gasteiger partial charge in [-0.05, 0) is 24.1 Å². The van der Waals surface area contributed by atoms with Gasteiger partial charge in [-0.15, -0.1) is 0 Å². The van der Waals surface area contributed by atoms with Gasteiger partial charge in [0.15, 0.2) is 6.10 Å². The molecule has 1 heterocycles. The SMILES string of the molecule is CO[C@H](C(=O)N(C)Cc1[nH]c2ccccc2c1C)c1ccccc1. The number of likely N-dealkylation sites (N-methyl/N-ethyl adjacent to an activating group) is 1. The van der Waals surface area contributed by atoms with Crippen LogP contribution in [0.25, 0.3) is 10.9 Å². The summed E-state index contributed by atoms with van der Waals surface area (Å²) in [4.78, 5) is 17.9. The number of aromatic nitrogens is 1. The Morgan fingerprint density at radius 3 is 2.46 bits per heavy atom. The summed E-state index contributed by atoms with van der Waals surface area (Å²) in [6.07, 6.45) is -0.583. The Hall–Kier alpha value is -2.59. The van der Waals surface area contributed by atoms with Crippen molar-refractivity contribution in [1.82, 2.24) is 9.88 Å². The molecule has 124 valence electrons. The van der Waals surface area contributed by atoms with Crippen LogP contribution >= 0.6 is 0 Å². The monoisotopic (exact) mass is 322 g/mol. The number of hydrogen-bond acceptors (Lipinski definition) is 2. The summed E-state index contributed by atoms with van der Waals surface area (Å²) in [6, 6.07) is 17.8. The highest BCUT2D eigenvalue weighted by atomic mass is 16.5. The lowest BCUT2D eigenvalue weighted by molar-refractivity contribution is -0.141. The summed E-state index contributed by atoms with van der Waals surface area (Å²) in [5.74, 6) is -0.0539. The number of rotatable bonds is 5. The summed E-state index contributed by atoms with van der Waals surface area (Å²) in [5, 5.41) is 1.19. The van der Waals surface area contributed by atoms with Crippen LogP contribution in [0.1, 0.15) is 22.9 Å². The molecule has 0 unspecified atom stereocenters. The van der Waals surface area contributed by atoms with E-state index in [0.29, 0.717) is 6.54 Å². The molecule has 0 spiro atoms. The van der Waals surface area contributed by atoms with Crippen molar-refractivity contribution in [1.29, 1.82) is 0 Å². The van der Waals surface area contributed by atoms with Crippen molar-refractivity contribution in [2.24, 2.45) is 0 Å². The number of aromatic amines is 1. The molecule has 4 heteroatoms. The Morgan fingerprint density at radius 2 is 1.79 bits per heavy atom. The van der Waals surface area contributed by atoms with Gasteiger partial charge in [-0.2, -0.15) is 0 Å². The van der Waals surface area contributed by atoms with Crippen LogP contribution in [0.5, 0.6) is 0 Å². The average Bonchev–Trinajstić information content (AvgIpc) is 2.92. The largest absolute Gasteiger partial charge is 0.367 e. The van der Waals surface area contributed by atoms with Crippen LogP contribution in [0.15, 0.2) is 54.6 Å². The number of methoxy groups -OCH3 is 1. The molecule has 2 aromatic carbocycles. The molecule has 0 saturated heterocycles. The predicted molar refractivity (Wildman–Crippen MR) is 95.7 cm³/mol. The molecule has 24 heavy (non-hydrogen) atoms. The van der Waals surface area contributed by atoms with Gasteiger partial charge in [-0.1, -0.05) is 48.5 Å². The Labute approximate surface area is 142 Å². The van der Waals surface area contributed by atoms with Crippen molar-refractivity contribution >= 4 is 16.8 Å². The third-order valence-electron chi connectivity index (χ3n) is 4.40. The fourth-order valence-corrected chi connectivity index (χ4v) is 3.02. The molecule has 1 amide bonds. The van der Waals surface area contributed by atoms with E-state index in [-0.39, 0.29) is 5.91 Å². The van der Waals surface area contributed by atoms with Gasteiger partial charge in [0.05, 0.1) is 6.54 Å². The van der Waals surface area contributed by atoms with Gasteiger partial charge in [-0.3, -0.25) is 4.79 Å². The molecular formula is C20H22N2O2. The Balaban J connectivity index is 1.81. The predicted octanol–water partition coefficient (Wildman–Crippen LogP) is 3.82. The minimum absolute atomic E-state index is 0.0539. The third kappa shape index (κ3) is 3.05. The lowest BCUT2D eigenvalue weighted by Crippen LogP contribution is -2.32. The van der Waals surface area contributed by atoms with Crippen LogP contribution in [0.3, 0.4) is 0 Å². The molecule has 0 aliphatic carbocycles. The number of hydrogen-bond donors (Lipinski definition) is 1. The summed E-state index contributed by atoms with van der Waals surface area (Å²) < 4.78 is 5.44. The van der Waals surface area contributed by atoms with E-state index in [0.717, 1.165) is 16.8 Å². The van der Waals surface area contributed by atoms with Crippen LogP contribution < -0.4 is 0 Å². The molecule has 3 aromatic rings. The van der Waals surface area contributed by atoms with Crippen LogP contribution in [0, 0.1) is 6.92 Å². The van der Waals surface area contributed by atoms with E-state index in [1.807, 2.05) is 49.5 Å². The summed E-state index contributed by atoms with van der Waals surface area (Å²) in [7, 11) is 3.37. The molecule has 0 saturated carbocycles. The average molecular weight is 322 g/mol. The highest BCUT2D eigenvalue weighted by Crippen LogP contribution is 2.24. The zero-order chi connectivity index (χ0) is 17.1. The number of carbonyl (C=O) groups excluding carboxylic acids is 1. The number of para-hydroxylation sites is 1. The van der Waals surface area contributed by atoms with Crippen molar-refractivity contribution in [3.8, 4) is 0 Å². The highest BCUT2D eigenvalue weighted by Gasteiger charge is 2.24. The first kappa shape index (κ1) is 16.3. The number of carbonyl (C=O) groups is 1. The molecular weight excluding hydrogens is 300 g/mol. The quantitative estimate of drug-likeness (QED) is 0.776. The number of H-pyrrole nitrogens is 1. The lowest BCUT2D eigenvalue weighted by Gasteiger charge is -2.23. The molecule has 0 radical (unpaired) electrons. The van der Waals surface area contributed by atoms with E-state index in [1.54, 1.807) is 12.0 Å². The van der Waals surface area contributed by atoms with E-state index < -0.39 is 6.10 Å². The van der Waals surface area contributed by atoms with Gasteiger partial charge in [-0.25, -0.2) is 0 Å². The van der Waals surface area contributed by atoms with E-state index in [1.165, 1.54) is 10.9 Å². The molecule has 1 atom stereocenters. The maximum Gasteiger partial charge on any atom is 0.256 e. The Kier molecular flexibility index (Phi) is 4.67. The van der Waals surface area contributed by atoms with Crippen molar-refractivity contribution < 1.29 is 9.53 Å². The summed E-state index contributed by atoms with van der Waals surface area (Å²) >= 11 is 0. The molecule has 0 bridgehead atoms. The normalized spacial score (nSPS) is 12.3. The first-order valence-corrected chi connectivity index (χ1v) is 8.00.